The quantitative estimate of drug-likeness (QED) is 0.852. The summed E-state index contributed by atoms with van der Waals surface area (Å²) in [6.07, 6.45) is 3.68. The monoisotopic (exact) mass is 279 g/mol. The molecule has 1 aliphatic rings. The molecule has 0 bridgehead atoms. The Labute approximate surface area is 128 Å². The van der Waals surface area contributed by atoms with Crippen molar-refractivity contribution in [2.45, 2.75) is 51.1 Å². The molecule has 1 unspecified atom stereocenters. The SMILES string of the molecule is Cc1ccccc1CC(C)NC1CC(c2ccccc2)C1. The molecule has 1 saturated carbocycles. The summed E-state index contributed by atoms with van der Waals surface area (Å²) in [4.78, 5) is 0. The van der Waals surface area contributed by atoms with E-state index >= 15 is 0 Å². The largest absolute Gasteiger partial charge is 0.311 e. The summed E-state index contributed by atoms with van der Waals surface area (Å²) < 4.78 is 0. The van der Waals surface area contributed by atoms with Crippen molar-refractivity contribution in [3.05, 3.63) is 71.3 Å². The number of benzene rings is 2. The highest BCUT2D eigenvalue weighted by atomic mass is 15.0. The van der Waals surface area contributed by atoms with E-state index in [9.17, 15) is 0 Å². The van der Waals surface area contributed by atoms with Gasteiger partial charge in [0.15, 0.2) is 0 Å². The molecule has 1 aliphatic carbocycles. The molecule has 3 rings (SSSR count). The topological polar surface area (TPSA) is 12.0 Å². The highest BCUT2D eigenvalue weighted by molar-refractivity contribution is 5.26. The number of nitrogens with one attached hydrogen (secondary N) is 1. The molecule has 1 atom stereocenters. The molecule has 1 fully saturated rings. The van der Waals surface area contributed by atoms with Gasteiger partial charge in [-0.2, -0.15) is 0 Å². The van der Waals surface area contributed by atoms with Crippen molar-refractivity contribution < 1.29 is 0 Å². The van der Waals surface area contributed by atoms with E-state index in [2.05, 4.69) is 73.8 Å². The molecule has 1 heteroatoms. The van der Waals surface area contributed by atoms with Gasteiger partial charge in [0.1, 0.15) is 0 Å². The molecule has 0 radical (unpaired) electrons. The van der Waals surface area contributed by atoms with Crippen LogP contribution in [0.5, 0.6) is 0 Å². The summed E-state index contributed by atoms with van der Waals surface area (Å²) in [6.45, 7) is 4.51. The lowest BCUT2D eigenvalue weighted by atomic mass is 9.75. The third-order valence-corrected chi connectivity index (χ3v) is 4.72. The molecule has 0 aromatic heterocycles. The van der Waals surface area contributed by atoms with Crippen molar-refractivity contribution >= 4 is 0 Å². The summed E-state index contributed by atoms with van der Waals surface area (Å²) in [5.41, 5.74) is 4.38. The predicted molar refractivity (Wildman–Crippen MR) is 89.7 cm³/mol. The lowest BCUT2D eigenvalue weighted by Crippen LogP contribution is -2.45. The molecular weight excluding hydrogens is 254 g/mol. The van der Waals surface area contributed by atoms with Crippen LogP contribution >= 0.6 is 0 Å². The van der Waals surface area contributed by atoms with Gasteiger partial charge < -0.3 is 5.32 Å². The minimum atomic E-state index is 0.549. The second-order valence-electron chi connectivity index (χ2n) is 6.47. The van der Waals surface area contributed by atoms with Gasteiger partial charge in [-0.05, 0) is 55.7 Å². The standard InChI is InChI=1S/C20H25N/c1-15-8-6-7-11-18(15)12-16(2)21-20-13-19(14-20)17-9-4-3-5-10-17/h3-11,16,19-21H,12-14H2,1-2H3. The van der Waals surface area contributed by atoms with Gasteiger partial charge in [-0.25, -0.2) is 0 Å². The number of hydrogen-bond donors (Lipinski definition) is 1. The molecule has 0 saturated heterocycles. The summed E-state index contributed by atoms with van der Waals surface area (Å²) in [5.74, 6) is 0.759. The van der Waals surface area contributed by atoms with E-state index in [-0.39, 0.29) is 0 Å². The summed E-state index contributed by atoms with van der Waals surface area (Å²) in [5, 5.41) is 3.79. The van der Waals surface area contributed by atoms with Crippen LogP contribution in [-0.2, 0) is 6.42 Å². The second-order valence-corrected chi connectivity index (χ2v) is 6.47. The number of hydrogen-bond acceptors (Lipinski definition) is 1. The van der Waals surface area contributed by atoms with Gasteiger partial charge in [-0.1, -0.05) is 54.6 Å². The van der Waals surface area contributed by atoms with Crippen LogP contribution in [0.2, 0.25) is 0 Å². The van der Waals surface area contributed by atoms with E-state index in [1.54, 1.807) is 0 Å². The lowest BCUT2D eigenvalue weighted by molar-refractivity contribution is 0.269. The van der Waals surface area contributed by atoms with Crippen LogP contribution in [0.15, 0.2) is 54.6 Å². The van der Waals surface area contributed by atoms with Gasteiger partial charge in [0.25, 0.3) is 0 Å². The van der Waals surface area contributed by atoms with Crippen LogP contribution in [0.1, 0.15) is 42.4 Å². The van der Waals surface area contributed by atoms with Crippen LogP contribution < -0.4 is 5.32 Å². The minimum Gasteiger partial charge on any atom is -0.311 e. The molecule has 1 N–H and O–H groups in total. The second kappa shape index (κ2) is 6.44. The molecule has 110 valence electrons. The van der Waals surface area contributed by atoms with Crippen molar-refractivity contribution in [1.82, 2.24) is 5.32 Å². The molecule has 2 aromatic rings. The lowest BCUT2D eigenvalue weighted by Gasteiger charge is -2.38. The maximum atomic E-state index is 3.79. The van der Waals surface area contributed by atoms with E-state index < -0.39 is 0 Å². The Balaban J connectivity index is 1.47. The van der Waals surface area contributed by atoms with Crippen molar-refractivity contribution in [2.24, 2.45) is 0 Å². The Bertz CT molecular complexity index is 569. The van der Waals surface area contributed by atoms with Gasteiger partial charge in [0, 0.05) is 12.1 Å². The average molecular weight is 279 g/mol. The smallest absolute Gasteiger partial charge is 0.00818 e. The van der Waals surface area contributed by atoms with Gasteiger partial charge in [0.05, 0.1) is 0 Å². The summed E-state index contributed by atoms with van der Waals surface area (Å²) >= 11 is 0. The molecule has 0 spiro atoms. The fraction of sp³-hybridized carbons (Fsp3) is 0.400. The van der Waals surface area contributed by atoms with E-state index in [4.69, 9.17) is 0 Å². The van der Waals surface area contributed by atoms with E-state index in [1.165, 1.54) is 29.5 Å². The first-order valence-electron chi connectivity index (χ1n) is 8.08. The fourth-order valence-electron chi connectivity index (χ4n) is 3.38. The molecule has 2 aromatic carbocycles. The zero-order valence-corrected chi connectivity index (χ0v) is 13.0. The summed E-state index contributed by atoms with van der Waals surface area (Å²) in [6, 6.07) is 20.9. The molecular formula is C20H25N. The van der Waals surface area contributed by atoms with E-state index in [0.717, 1.165) is 12.3 Å². The highest BCUT2D eigenvalue weighted by Gasteiger charge is 2.30. The maximum absolute atomic E-state index is 3.79. The molecule has 21 heavy (non-hydrogen) atoms. The molecule has 0 amide bonds. The number of rotatable bonds is 5. The first-order chi connectivity index (χ1) is 10.2. The maximum Gasteiger partial charge on any atom is 0.00818 e. The Kier molecular flexibility index (Phi) is 4.40. The Morgan fingerprint density at radius 1 is 1.00 bits per heavy atom. The zero-order chi connectivity index (χ0) is 14.7. The third kappa shape index (κ3) is 3.54. The molecule has 1 nitrogen and oxygen atoms in total. The minimum absolute atomic E-state index is 0.549. The fourth-order valence-corrected chi connectivity index (χ4v) is 3.38. The zero-order valence-electron chi connectivity index (χ0n) is 13.0. The Hall–Kier alpha value is -1.60. The van der Waals surface area contributed by atoms with Crippen molar-refractivity contribution in [3.8, 4) is 0 Å². The van der Waals surface area contributed by atoms with Crippen LogP contribution in [0, 0.1) is 6.92 Å². The van der Waals surface area contributed by atoms with Crippen molar-refractivity contribution in [1.29, 1.82) is 0 Å². The van der Waals surface area contributed by atoms with Crippen molar-refractivity contribution in [3.63, 3.8) is 0 Å². The third-order valence-electron chi connectivity index (χ3n) is 4.72. The number of aryl methyl sites for hydroxylation is 1. The van der Waals surface area contributed by atoms with Gasteiger partial charge >= 0.3 is 0 Å². The van der Waals surface area contributed by atoms with Crippen LogP contribution in [0.4, 0.5) is 0 Å². The van der Waals surface area contributed by atoms with E-state index in [0.29, 0.717) is 12.1 Å². The molecule has 0 heterocycles. The van der Waals surface area contributed by atoms with Gasteiger partial charge in [-0.3, -0.25) is 0 Å². The first-order valence-corrected chi connectivity index (χ1v) is 8.08. The van der Waals surface area contributed by atoms with Crippen LogP contribution in [-0.4, -0.2) is 12.1 Å². The van der Waals surface area contributed by atoms with E-state index in [1.807, 2.05) is 0 Å². The summed E-state index contributed by atoms with van der Waals surface area (Å²) in [7, 11) is 0. The Morgan fingerprint density at radius 3 is 2.38 bits per heavy atom. The van der Waals surface area contributed by atoms with Crippen LogP contribution in [0.3, 0.4) is 0 Å². The van der Waals surface area contributed by atoms with Gasteiger partial charge in [-0.15, -0.1) is 0 Å². The van der Waals surface area contributed by atoms with Crippen molar-refractivity contribution in [2.75, 3.05) is 0 Å². The predicted octanol–water partition coefficient (Wildman–Crippen LogP) is 4.46. The Morgan fingerprint density at radius 2 is 1.67 bits per heavy atom. The molecule has 0 aliphatic heterocycles. The first kappa shape index (κ1) is 14.3. The average Bonchev–Trinajstić information content (AvgIpc) is 2.46. The van der Waals surface area contributed by atoms with Gasteiger partial charge in [0.2, 0.25) is 0 Å². The normalized spacial score (nSPS) is 22.6. The van der Waals surface area contributed by atoms with Crippen LogP contribution in [0.25, 0.3) is 0 Å². The highest BCUT2D eigenvalue weighted by Crippen LogP contribution is 2.36.